The standard InChI is InChI=1S/C42H30NOP/c44-45(34-16-6-2-7-17-34,35-18-8-3-9-19-35)36-28-29-42-40(30-36)39-22-12-13-23-41(39)43(42)33-26-24-32(25-27-33)38-21-11-10-20-37(38)31-14-4-1-5-15-31/h1-30H. The number of nitrogens with zero attached hydrogens (tertiary/aromatic N) is 1. The molecule has 0 unspecified atom stereocenters. The topological polar surface area (TPSA) is 22.0 Å². The molecule has 7 aromatic carbocycles. The van der Waals surface area contributed by atoms with Crippen molar-refractivity contribution in [1.82, 2.24) is 4.57 Å². The molecule has 214 valence electrons. The monoisotopic (exact) mass is 595 g/mol. The minimum Gasteiger partial charge on any atom is -0.309 e. The summed E-state index contributed by atoms with van der Waals surface area (Å²) in [6, 6.07) is 62.6. The van der Waals surface area contributed by atoms with Gasteiger partial charge in [-0.25, -0.2) is 0 Å². The first-order valence-electron chi connectivity index (χ1n) is 15.2. The highest BCUT2D eigenvalue weighted by molar-refractivity contribution is 7.85. The Labute approximate surface area is 263 Å². The lowest BCUT2D eigenvalue weighted by atomic mass is 9.94. The minimum absolute atomic E-state index is 0.836. The Morgan fingerprint density at radius 3 is 1.49 bits per heavy atom. The fourth-order valence-corrected chi connectivity index (χ4v) is 9.23. The number of para-hydroxylation sites is 1. The number of fused-ring (bicyclic) bond motifs is 3. The quantitative estimate of drug-likeness (QED) is 0.175. The van der Waals surface area contributed by atoms with Crippen LogP contribution in [-0.2, 0) is 4.57 Å². The van der Waals surface area contributed by atoms with Gasteiger partial charge in [-0.15, -0.1) is 0 Å². The number of benzene rings is 7. The molecular weight excluding hydrogens is 565 g/mol. The zero-order valence-electron chi connectivity index (χ0n) is 24.6. The molecule has 0 atom stereocenters. The molecule has 0 saturated heterocycles. The van der Waals surface area contributed by atoms with Gasteiger partial charge in [0.1, 0.15) is 0 Å². The number of aromatic nitrogens is 1. The van der Waals surface area contributed by atoms with Crippen molar-refractivity contribution in [2.75, 3.05) is 0 Å². The maximum Gasteiger partial charge on any atom is 0.171 e. The molecule has 8 rings (SSSR count). The molecule has 0 aliphatic carbocycles. The van der Waals surface area contributed by atoms with Gasteiger partial charge in [0.2, 0.25) is 0 Å². The number of hydrogen-bond donors (Lipinski definition) is 0. The molecule has 2 nitrogen and oxygen atoms in total. The molecule has 8 aromatic rings. The van der Waals surface area contributed by atoms with E-state index in [0.717, 1.165) is 43.4 Å². The second-order valence-electron chi connectivity index (χ2n) is 11.3. The van der Waals surface area contributed by atoms with E-state index < -0.39 is 7.14 Å². The van der Waals surface area contributed by atoms with Gasteiger partial charge in [0.15, 0.2) is 7.14 Å². The lowest BCUT2D eigenvalue weighted by molar-refractivity contribution is 0.592. The zero-order chi connectivity index (χ0) is 30.2. The highest BCUT2D eigenvalue weighted by atomic mass is 31.2. The average molecular weight is 596 g/mol. The average Bonchev–Trinajstić information content (AvgIpc) is 3.46. The maximum atomic E-state index is 15.2. The van der Waals surface area contributed by atoms with Crippen LogP contribution in [0.4, 0.5) is 0 Å². The molecular formula is C42H30NOP. The van der Waals surface area contributed by atoms with Crippen molar-refractivity contribution in [2.24, 2.45) is 0 Å². The van der Waals surface area contributed by atoms with E-state index >= 15 is 4.57 Å². The van der Waals surface area contributed by atoms with Crippen molar-refractivity contribution in [3.8, 4) is 27.9 Å². The van der Waals surface area contributed by atoms with Gasteiger partial charge in [0.05, 0.1) is 11.0 Å². The van der Waals surface area contributed by atoms with Gasteiger partial charge in [-0.2, -0.15) is 0 Å². The van der Waals surface area contributed by atoms with Gasteiger partial charge < -0.3 is 9.13 Å². The zero-order valence-corrected chi connectivity index (χ0v) is 25.5. The van der Waals surface area contributed by atoms with Crippen LogP contribution in [0.15, 0.2) is 182 Å². The van der Waals surface area contributed by atoms with E-state index in [1.165, 1.54) is 22.3 Å². The second kappa shape index (κ2) is 11.2. The molecule has 1 heterocycles. The molecule has 3 heteroatoms. The SMILES string of the molecule is O=P(c1ccccc1)(c1ccccc1)c1ccc2c(c1)c1ccccc1n2-c1ccc(-c2ccccc2-c2ccccc2)cc1. The van der Waals surface area contributed by atoms with Crippen LogP contribution in [0.2, 0.25) is 0 Å². The predicted molar refractivity (Wildman–Crippen MR) is 191 cm³/mol. The lowest BCUT2D eigenvalue weighted by Gasteiger charge is -2.20. The van der Waals surface area contributed by atoms with Gasteiger partial charge in [-0.05, 0) is 58.7 Å². The van der Waals surface area contributed by atoms with E-state index in [1.54, 1.807) is 0 Å². The Morgan fingerprint density at radius 2 is 0.867 bits per heavy atom. The van der Waals surface area contributed by atoms with Crippen LogP contribution < -0.4 is 15.9 Å². The van der Waals surface area contributed by atoms with Gasteiger partial charge in [0, 0.05) is 32.4 Å². The fraction of sp³-hybridized carbons (Fsp3) is 0. The lowest BCUT2D eigenvalue weighted by Crippen LogP contribution is -2.24. The van der Waals surface area contributed by atoms with E-state index in [0.29, 0.717) is 0 Å². The molecule has 0 aliphatic heterocycles. The first kappa shape index (κ1) is 27.1. The van der Waals surface area contributed by atoms with Crippen LogP contribution in [0.1, 0.15) is 0 Å². The third-order valence-corrected chi connectivity index (χ3v) is 11.8. The Kier molecular flexibility index (Phi) is 6.78. The van der Waals surface area contributed by atoms with Crippen molar-refractivity contribution in [2.45, 2.75) is 0 Å². The second-order valence-corrected chi connectivity index (χ2v) is 14.1. The van der Waals surface area contributed by atoms with Crippen molar-refractivity contribution < 1.29 is 4.57 Å². The third-order valence-electron chi connectivity index (χ3n) is 8.71. The van der Waals surface area contributed by atoms with E-state index in [1.807, 2.05) is 60.7 Å². The summed E-state index contributed by atoms with van der Waals surface area (Å²) in [7, 11) is -3.10. The van der Waals surface area contributed by atoms with Gasteiger partial charge >= 0.3 is 0 Å². The van der Waals surface area contributed by atoms with Crippen molar-refractivity contribution >= 4 is 44.9 Å². The van der Waals surface area contributed by atoms with E-state index in [4.69, 9.17) is 0 Å². The molecule has 0 radical (unpaired) electrons. The molecule has 0 N–H and O–H groups in total. The normalized spacial score (nSPS) is 11.6. The summed E-state index contributed by atoms with van der Waals surface area (Å²) >= 11 is 0. The van der Waals surface area contributed by atoms with Gasteiger partial charge in [-0.3, -0.25) is 0 Å². The largest absolute Gasteiger partial charge is 0.309 e. The maximum absolute atomic E-state index is 15.2. The Hall–Kier alpha value is -5.43. The minimum atomic E-state index is -3.10. The molecule has 0 saturated carbocycles. The Morgan fingerprint density at radius 1 is 0.378 bits per heavy atom. The summed E-state index contributed by atoms with van der Waals surface area (Å²) in [6.45, 7) is 0. The van der Waals surface area contributed by atoms with Crippen LogP contribution in [0.3, 0.4) is 0 Å². The van der Waals surface area contributed by atoms with Gasteiger partial charge in [0.25, 0.3) is 0 Å². The van der Waals surface area contributed by atoms with Crippen LogP contribution in [0.25, 0.3) is 49.7 Å². The Bertz CT molecular complexity index is 2280. The van der Waals surface area contributed by atoms with Crippen LogP contribution in [0, 0.1) is 0 Å². The summed E-state index contributed by atoms with van der Waals surface area (Å²) in [6.07, 6.45) is 0. The molecule has 1 aromatic heterocycles. The third kappa shape index (κ3) is 4.63. The molecule has 0 fully saturated rings. The molecule has 0 spiro atoms. The summed E-state index contributed by atoms with van der Waals surface area (Å²) in [5.41, 5.74) is 8.10. The summed E-state index contributed by atoms with van der Waals surface area (Å²) in [4.78, 5) is 0. The van der Waals surface area contributed by atoms with Crippen LogP contribution in [0.5, 0.6) is 0 Å². The van der Waals surface area contributed by atoms with Crippen molar-refractivity contribution in [1.29, 1.82) is 0 Å². The highest BCUT2D eigenvalue weighted by Crippen LogP contribution is 2.44. The molecule has 45 heavy (non-hydrogen) atoms. The molecule has 0 bridgehead atoms. The van der Waals surface area contributed by atoms with Crippen LogP contribution in [-0.4, -0.2) is 4.57 Å². The smallest absolute Gasteiger partial charge is 0.171 e. The summed E-state index contributed by atoms with van der Waals surface area (Å²) in [5.74, 6) is 0. The molecule has 0 aliphatic rings. The fourth-order valence-electron chi connectivity index (χ4n) is 6.55. The highest BCUT2D eigenvalue weighted by Gasteiger charge is 2.30. The van der Waals surface area contributed by atoms with Gasteiger partial charge in [-0.1, -0.05) is 146 Å². The van der Waals surface area contributed by atoms with Crippen molar-refractivity contribution in [3.05, 3.63) is 182 Å². The first-order valence-corrected chi connectivity index (χ1v) is 16.9. The summed E-state index contributed by atoms with van der Waals surface area (Å²) < 4.78 is 17.5. The van der Waals surface area contributed by atoms with Crippen molar-refractivity contribution in [3.63, 3.8) is 0 Å². The van der Waals surface area contributed by atoms with E-state index in [-0.39, 0.29) is 0 Å². The first-order chi connectivity index (χ1) is 22.2. The predicted octanol–water partition coefficient (Wildman–Crippen LogP) is 9.76. The van der Waals surface area contributed by atoms with E-state index in [9.17, 15) is 0 Å². The van der Waals surface area contributed by atoms with Crippen LogP contribution >= 0.6 is 7.14 Å². The number of hydrogen-bond acceptors (Lipinski definition) is 1. The molecule has 0 amide bonds. The Balaban J connectivity index is 1.28. The number of rotatable bonds is 6. The summed E-state index contributed by atoms with van der Waals surface area (Å²) in [5, 5.41) is 4.74. The van der Waals surface area contributed by atoms with E-state index in [2.05, 4.69) is 126 Å².